The fraction of sp³-hybridized carbons (Fsp3) is 0.348. The van der Waals surface area contributed by atoms with Crippen molar-refractivity contribution in [1.29, 1.82) is 0 Å². The molecule has 2 aliphatic heterocycles. The predicted molar refractivity (Wildman–Crippen MR) is 121 cm³/mol. The highest BCUT2D eigenvalue weighted by molar-refractivity contribution is 7.89. The van der Waals surface area contributed by atoms with Crippen LogP contribution in [0.15, 0.2) is 53.4 Å². The van der Waals surface area contributed by atoms with E-state index in [2.05, 4.69) is 5.32 Å². The average molecular weight is 475 g/mol. The highest BCUT2D eigenvalue weighted by Gasteiger charge is 2.29. The van der Waals surface area contributed by atoms with Gasteiger partial charge in [-0.1, -0.05) is 18.2 Å². The van der Waals surface area contributed by atoms with Gasteiger partial charge in [-0.05, 0) is 35.9 Å². The van der Waals surface area contributed by atoms with E-state index in [0.29, 0.717) is 36.9 Å². The molecule has 0 radical (unpaired) electrons. The molecule has 0 aliphatic carbocycles. The van der Waals surface area contributed by atoms with Crippen LogP contribution in [0.1, 0.15) is 5.56 Å². The first-order valence-electron chi connectivity index (χ1n) is 10.6. The number of fused-ring (bicyclic) bond motifs is 1. The van der Waals surface area contributed by atoms with Gasteiger partial charge in [0.25, 0.3) is 0 Å². The number of hydrogen-bond donors (Lipinski definition) is 1. The van der Waals surface area contributed by atoms with Gasteiger partial charge in [-0.3, -0.25) is 4.79 Å². The molecule has 1 N–H and O–H groups in total. The van der Waals surface area contributed by atoms with Crippen molar-refractivity contribution in [3.63, 3.8) is 0 Å². The molecule has 2 heterocycles. The van der Waals surface area contributed by atoms with E-state index in [1.165, 1.54) is 23.6 Å². The Hall–Kier alpha value is -3.08. The number of rotatable bonds is 7. The predicted octanol–water partition coefficient (Wildman–Crippen LogP) is 1.69. The summed E-state index contributed by atoms with van der Waals surface area (Å²) in [4.78, 5) is 12.4. The summed E-state index contributed by atoms with van der Waals surface area (Å²) in [6.45, 7) is 1.88. The van der Waals surface area contributed by atoms with Gasteiger partial charge in [0.05, 0.1) is 26.9 Å². The molecule has 0 bridgehead atoms. The molecule has 33 heavy (non-hydrogen) atoms. The molecule has 176 valence electrons. The third-order valence-corrected chi connectivity index (χ3v) is 7.19. The molecule has 1 atom stereocenters. The Morgan fingerprint density at radius 1 is 1.18 bits per heavy atom. The zero-order valence-electron chi connectivity index (χ0n) is 18.2. The molecule has 10 heteroatoms. The smallest absolute Gasteiger partial charge is 0.246 e. The Morgan fingerprint density at radius 2 is 1.94 bits per heavy atom. The molecule has 1 saturated heterocycles. The monoisotopic (exact) mass is 474 g/mol. The summed E-state index contributed by atoms with van der Waals surface area (Å²) in [6, 6.07) is 12.1. The Labute approximate surface area is 192 Å². The first-order valence-corrected chi connectivity index (χ1v) is 12.0. The van der Waals surface area contributed by atoms with Crippen molar-refractivity contribution in [3.8, 4) is 17.2 Å². The number of methoxy groups -OCH3 is 1. The number of sulfonamides is 1. The van der Waals surface area contributed by atoms with E-state index in [9.17, 15) is 13.2 Å². The Balaban J connectivity index is 1.39. The van der Waals surface area contributed by atoms with Gasteiger partial charge in [-0.2, -0.15) is 4.31 Å². The van der Waals surface area contributed by atoms with Crippen LogP contribution in [-0.2, 0) is 19.6 Å². The molecule has 0 spiro atoms. The number of para-hydroxylation sites is 2. The summed E-state index contributed by atoms with van der Waals surface area (Å²) in [6.07, 6.45) is 2.61. The van der Waals surface area contributed by atoms with E-state index in [4.69, 9.17) is 18.9 Å². The van der Waals surface area contributed by atoms with Crippen molar-refractivity contribution in [2.75, 3.05) is 46.6 Å². The van der Waals surface area contributed by atoms with Crippen molar-refractivity contribution < 1.29 is 32.2 Å². The maximum Gasteiger partial charge on any atom is 0.246 e. The summed E-state index contributed by atoms with van der Waals surface area (Å²) in [7, 11) is -2.33. The van der Waals surface area contributed by atoms with Crippen LogP contribution in [0.4, 0.5) is 0 Å². The Bertz CT molecular complexity index is 1130. The van der Waals surface area contributed by atoms with Crippen LogP contribution in [-0.4, -0.2) is 71.3 Å². The third kappa shape index (κ3) is 5.47. The topological polar surface area (TPSA) is 103 Å². The van der Waals surface area contributed by atoms with E-state index in [-0.39, 0.29) is 42.3 Å². The highest BCUT2D eigenvalue weighted by atomic mass is 32.2. The Kier molecular flexibility index (Phi) is 7.17. The second kappa shape index (κ2) is 10.2. The van der Waals surface area contributed by atoms with E-state index in [1.807, 2.05) is 24.3 Å². The van der Waals surface area contributed by atoms with Gasteiger partial charge in [0.15, 0.2) is 11.5 Å². The number of benzene rings is 2. The van der Waals surface area contributed by atoms with Crippen molar-refractivity contribution in [2.45, 2.75) is 11.0 Å². The van der Waals surface area contributed by atoms with Gasteiger partial charge in [0.1, 0.15) is 23.4 Å². The van der Waals surface area contributed by atoms with Crippen molar-refractivity contribution in [3.05, 3.63) is 54.1 Å². The van der Waals surface area contributed by atoms with Crippen LogP contribution in [0.3, 0.4) is 0 Å². The number of morpholine rings is 1. The lowest BCUT2D eigenvalue weighted by Gasteiger charge is -2.26. The largest absolute Gasteiger partial charge is 0.495 e. The van der Waals surface area contributed by atoms with Crippen LogP contribution in [0, 0.1) is 0 Å². The number of amides is 1. The van der Waals surface area contributed by atoms with Crippen molar-refractivity contribution in [1.82, 2.24) is 9.62 Å². The fourth-order valence-electron chi connectivity index (χ4n) is 3.53. The number of carbonyl (C=O) groups is 1. The second-order valence-electron chi connectivity index (χ2n) is 7.50. The minimum absolute atomic E-state index is 0.0564. The molecule has 4 rings (SSSR count). The van der Waals surface area contributed by atoms with Crippen LogP contribution in [0.5, 0.6) is 17.2 Å². The van der Waals surface area contributed by atoms with Crippen LogP contribution >= 0.6 is 0 Å². The van der Waals surface area contributed by atoms with Gasteiger partial charge in [0, 0.05) is 19.2 Å². The number of carbonyl (C=O) groups excluding carboxylic acids is 1. The minimum atomic E-state index is -3.75. The summed E-state index contributed by atoms with van der Waals surface area (Å²) in [5, 5.41) is 2.78. The lowest BCUT2D eigenvalue weighted by atomic mass is 10.2. The number of nitrogens with zero attached hydrogens (tertiary/aromatic N) is 1. The first kappa shape index (κ1) is 23.1. The zero-order chi connectivity index (χ0) is 23.3. The van der Waals surface area contributed by atoms with Gasteiger partial charge in [0.2, 0.25) is 15.9 Å². The molecule has 2 aromatic rings. The minimum Gasteiger partial charge on any atom is -0.495 e. The standard InChI is InChI=1S/C23H26N2O7S/c1-29-21-8-6-17(14-22(21)33(27,28)25-10-12-30-13-11-25)7-9-23(26)24-15-18-16-31-19-4-2-3-5-20(19)32-18/h2-9,14,18H,10-13,15-16H2,1H3,(H,24,26). The van der Waals surface area contributed by atoms with E-state index in [0.717, 1.165) is 0 Å². The molecule has 2 aliphatic rings. The number of ether oxygens (including phenoxy) is 4. The molecule has 0 saturated carbocycles. The molecular weight excluding hydrogens is 448 g/mol. The number of hydrogen-bond acceptors (Lipinski definition) is 7. The lowest BCUT2D eigenvalue weighted by Crippen LogP contribution is -2.40. The molecular formula is C23H26N2O7S. The van der Waals surface area contributed by atoms with Gasteiger partial charge >= 0.3 is 0 Å². The summed E-state index contributed by atoms with van der Waals surface area (Å²) >= 11 is 0. The molecule has 9 nitrogen and oxygen atoms in total. The van der Waals surface area contributed by atoms with E-state index < -0.39 is 10.0 Å². The van der Waals surface area contributed by atoms with Gasteiger partial charge < -0.3 is 24.3 Å². The average Bonchev–Trinajstić information content (AvgIpc) is 2.86. The fourth-order valence-corrected chi connectivity index (χ4v) is 5.13. The van der Waals surface area contributed by atoms with Gasteiger partial charge in [-0.15, -0.1) is 0 Å². The summed E-state index contributed by atoms with van der Waals surface area (Å²) in [5.41, 5.74) is 0.559. The maximum absolute atomic E-state index is 13.1. The molecule has 0 aromatic heterocycles. The first-order chi connectivity index (χ1) is 16.0. The van der Waals surface area contributed by atoms with E-state index >= 15 is 0 Å². The quantitative estimate of drug-likeness (QED) is 0.609. The molecule has 1 amide bonds. The van der Waals surface area contributed by atoms with E-state index in [1.54, 1.807) is 18.2 Å². The normalized spacial score (nSPS) is 18.8. The van der Waals surface area contributed by atoms with Crippen molar-refractivity contribution in [2.24, 2.45) is 0 Å². The molecule has 2 aromatic carbocycles. The summed E-state index contributed by atoms with van der Waals surface area (Å²) in [5.74, 6) is 1.25. The maximum atomic E-state index is 13.1. The molecule has 1 fully saturated rings. The highest BCUT2D eigenvalue weighted by Crippen LogP contribution is 2.31. The lowest BCUT2D eigenvalue weighted by molar-refractivity contribution is -0.116. The summed E-state index contributed by atoms with van der Waals surface area (Å²) < 4.78 is 49.5. The van der Waals surface area contributed by atoms with Gasteiger partial charge in [-0.25, -0.2) is 8.42 Å². The second-order valence-corrected chi connectivity index (χ2v) is 9.41. The van der Waals surface area contributed by atoms with Crippen molar-refractivity contribution >= 4 is 22.0 Å². The van der Waals surface area contributed by atoms with Crippen LogP contribution in [0.25, 0.3) is 6.08 Å². The Morgan fingerprint density at radius 3 is 2.70 bits per heavy atom. The SMILES string of the molecule is COc1ccc(C=CC(=O)NCC2COc3ccccc3O2)cc1S(=O)(=O)N1CCOCC1. The van der Waals surface area contributed by atoms with Crippen LogP contribution in [0.2, 0.25) is 0 Å². The molecule has 1 unspecified atom stereocenters. The zero-order valence-corrected chi connectivity index (χ0v) is 19.0. The number of nitrogens with one attached hydrogen (secondary N) is 1. The van der Waals surface area contributed by atoms with Crippen LogP contribution < -0.4 is 19.5 Å². The third-order valence-electron chi connectivity index (χ3n) is 5.27.